The van der Waals surface area contributed by atoms with Gasteiger partial charge in [-0.1, -0.05) is 45.2 Å². The number of carbonyl (C=O) groups is 5. The molecule has 0 spiro atoms. The largest absolute Gasteiger partial charge is 0.497 e. The molecule has 3 heterocycles. The average Bonchev–Trinajstić information content (AvgIpc) is 3.87. The van der Waals surface area contributed by atoms with Crippen LogP contribution in [0.3, 0.4) is 0 Å². The van der Waals surface area contributed by atoms with Crippen LogP contribution >= 0.6 is 0 Å². The minimum Gasteiger partial charge on any atom is -0.497 e. The van der Waals surface area contributed by atoms with E-state index in [-0.39, 0.29) is 36.0 Å². The number of piperidine rings is 1. The first-order valence-corrected chi connectivity index (χ1v) is 15.7. The first-order chi connectivity index (χ1) is 20.7. The molecule has 6 atom stereocenters. The van der Waals surface area contributed by atoms with Crippen LogP contribution in [-0.2, 0) is 35.1 Å². The molecule has 0 aliphatic carbocycles. The lowest BCUT2D eigenvalue weighted by molar-refractivity contribution is -0.147. The lowest BCUT2D eigenvalue weighted by atomic mass is 9.93. The lowest BCUT2D eigenvalue weighted by Gasteiger charge is -2.39. The van der Waals surface area contributed by atoms with Crippen molar-refractivity contribution >= 4 is 29.4 Å². The molecule has 0 unspecified atom stereocenters. The molecule has 11 heteroatoms. The smallest absolute Gasteiger partial charge is 0.246 e. The second-order valence-corrected chi connectivity index (χ2v) is 12.0. The molecule has 0 saturated carbocycles. The van der Waals surface area contributed by atoms with Gasteiger partial charge in [-0.2, -0.15) is 0 Å². The van der Waals surface area contributed by atoms with E-state index in [1.807, 2.05) is 26.0 Å². The number of hydrogen-bond acceptors (Lipinski definition) is 7. The molecule has 3 fully saturated rings. The van der Waals surface area contributed by atoms with Crippen molar-refractivity contribution in [1.29, 1.82) is 0 Å². The summed E-state index contributed by atoms with van der Waals surface area (Å²) in [5.74, 6) is -0.907. The molecule has 3 aliphatic heterocycles. The van der Waals surface area contributed by atoms with Crippen molar-refractivity contribution in [3.63, 3.8) is 0 Å². The number of epoxide rings is 1. The van der Waals surface area contributed by atoms with Crippen molar-refractivity contribution in [1.82, 2.24) is 20.9 Å². The molecule has 0 aromatic heterocycles. The Morgan fingerprint density at radius 2 is 1.67 bits per heavy atom. The third kappa shape index (κ3) is 8.78. The van der Waals surface area contributed by atoms with Gasteiger partial charge in [0.25, 0.3) is 0 Å². The Labute approximate surface area is 253 Å². The highest BCUT2D eigenvalue weighted by Gasteiger charge is 2.40. The number of amides is 4. The highest BCUT2D eigenvalue weighted by Crippen LogP contribution is 2.23. The summed E-state index contributed by atoms with van der Waals surface area (Å²) in [6.45, 7) is 4.78. The van der Waals surface area contributed by atoms with Crippen molar-refractivity contribution in [2.75, 3.05) is 20.3 Å². The van der Waals surface area contributed by atoms with Crippen LogP contribution in [0.2, 0.25) is 0 Å². The van der Waals surface area contributed by atoms with Crippen molar-refractivity contribution in [3.8, 4) is 5.75 Å². The van der Waals surface area contributed by atoms with Gasteiger partial charge in [0.15, 0.2) is 5.78 Å². The van der Waals surface area contributed by atoms with E-state index in [2.05, 4.69) is 16.0 Å². The molecular formula is C32H46N4O7. The van der Waals surface area contributed by atoms with E-state index in [9.17, 15) is 24.0 Å². The lowest BCUT2D eigenvalue weighted by Crippen LogP contribution is -2.64. The molecule has 4 amide bonds. The number of unbranched alkanes of at least 4 members (excludes halogenated alkanes) is 2. The van der Waals surface area contributed by atoms with Crippen LogP contribution in [0.1, 0.15) is 77.2 Å². The zero-order valence-electron chi connectivity index (χ0n) is 25.6. The maximum atomic E-state index is 13.9. The molecule has 236 valence electrons. The second-order valence-electron chi connectivity index (χ2n) is 12.0. The van der Waals surface area contributed by atoms with Gasteiger partial charge in [-0.15, -0.1) is 0 Å². The summed E-state index contributed by atoms with van der Waals surface area (Å²) in [5.41, 5.74) is 0.806. The molecular weight excluding hydrogens is 552 g/mol. The van der Waals surface area contributed by atoms with Crippen molar-refractivity contribution in [2.24, 2.45) is 5.92 Å². The number of fused-ring (bicyclic) bond motifs is 1. The number of hydrogen-bond donors (Lipinski definition) is 3. The Kier molecular flexibility index (Phi) is 11.6. The fourth-order valence-electron chi connectivity index (χ4n) is 5.82. The van der Waals surface area contributed by atoms with Crippen LogP contribution in [0.4, 0.5) is 0 Å². The number of methoxy groups -OCH3 is 1. The van der Waals surface area contributed by atoms with E-state index in [1.54, 1.807) is 24.1 Å². The molecule has 3 aliphatic rings. The van der Waals surface area contributed by atoms with Crippen molar-refractivity contribution in [2.45, 2.75) is 108 Å². The molecule has 1 aromatic rings. The number of nitrogens with one attached hydrogen (secondary N) is 3. The monoisotopic (exact) mass is 598 g/mol. The van der Waals surface area contributed by atoms with Gasteiger partial charge in [0, 0.05) is 19.4 Å². The van der Waals surface area contributed by atoms with Crippen LogP contribution in [0.25, 0.3) is 0 Å². The van der Waals surface area contributed by atoms with E-state index >= 15 is 0 Å². The summed E-state index contributed by atoms with van der Waals surface area (Å²) in [5, 5.41) is 8.76. The first kappa shape index (κ1) is 32.4. The molecule has 1 aromatic carbocycles. The van der Waals surface area contributed by atoms with E-state index in [0.29, 0.717) is 63.8 Å². The van der Waals surface area contributed by atoms with Crippen LogP contribution in [0.15, 0.2) is 24.3 Å². The normalized spacial score (nSPS) is 27.0. The van der Waals surface area contributed by atoms with Gasteiger partial charge < -0.3 is 30.3 Å². The van der Waals surface area contributed by atoms with Crippen LogP contribution < -0.4 is 20.7 Å². The van der Waals surface area contributed by atoms with Crippen LogP contribution in [-0.4, -0.2) is 84.8 Å². The zero-order chi connectivity index (χ0) is 30.9. The molecule has 11 nitrogen and oxygen atoms in total. The number of rotatable bonds is 12. The van der Waals surface area contributed by atoms with Crippen molar-refractivity contribution in [3.05, 3.63) is 29.8 Å². The summed E-state index contributed by atoms with van der Waals surface area (Å²) in [6.07, 6.45) is 5.41. The van der Waals surface area contributed by atoms with Crippen molar-refractivity contribution < 1.29 is 33.4 Å². The molecule has 0 radical (unpaired) electrons. The third-order valence-electron chi connectivity index (χ3n) is 8.84. The minimum absolute atomic E-state index is 0.0993. The summed E-state index contributed by atoms with van der Waals surface area (Å²) >= 11 is 0. The molecule has 3 N–H and O–H groups in total. The predicted octanol–water partition coefficient (Wildman–Crippen LogP) is 2.05. The summed E-state index contributed by atoms with van der Waals surface area (Å²) in [6, 6.07) is 3.86. The highest BCUT2D eigenvalue weighted by molar-refractivity contribution is 5.97. The third-order valence-corrected chi connectivity index (χ3v) is 8.84. The van der Waals surface area contributed by atoms with Gasteiger partial charge in [0.1, 0.15) is 36.0 Å². The average molecular weight is 599 g/mol. The number of benzene rings is 1. The maximum Gasteiger partial charge on any atom is 0.246 e. The Morgan fingerprint density at radius 1 is 0.977 bits per heavy atom. The van der Waals surface area contributed by atoms with Gasteiger partial charge in [0.2, 0.25) is 23.6 Å². The Hall–Kier alpha value is -3.47. The molecule has 43 heavy (non-hydrogen) atoms. The maximum absolute atomic E-state index is 13.9. The zero-order valence-corrected chi connectivity index (χ0v) is 25.6. The van der Waals surface area contributed by atoms with Gasteiger partial charge in [0.05, 0.1) is 13.7 Å². The van der Waals surface area contributed by atoms with E-state index in [0.717, 1.165) is 18.4 Å². The fraction of sp³-hybridized carbons (Fsp3) is 0.656. The van der Waals surface area contributed by atoms with Crippen LogP contribution in [0.5, 0.6) is 5.75 Å². The summed E-state index contributed by atoms with van der Waals surface area (Å²) < 4.78 is 10.3. The van der Waals surface area contributed by atoms with E-state index < -0.39 is 36.0 Å². The second kappa shape index (κ2) is 15.3. The minimum atomic E-state index is -0.965. The molecule has 3 saturated heterocycles. The van der Waals surface area contributed by atoms with E-state index in [4.69, 9.17) is 9.47 Å². The van der Waals surface area contributed by atoms with Gasteiger partial charge in [-0.05, 0) is 55.7 Å². The SMILES string of the molecule is CC[C@H](C)[C@H]1NC(=O)[C@H](Cc2ccc(OC)cc2)NC(=O)[C@H](CCCCCC(=O)[C@@H]2CO2)NC(=O)[C@@H]2CCCCN2C1=O. The Morgan fingerprint density at radius 3 is 2.35 bits per heavy atom. The first-order valence-electron chi connectivity index (χ1n) is 15.7. The Balaban J connectivity index is 1.56. The fourth-order valence-corrected chi connectivity index (χ4v) is 5.82. The van der Waals surface area contributed by atoms with E-state index in [1.165, 1.54) is 0 Å². The van der Waals surface area contributed by atoms with Gasteiger partial charge in [-0.3, -0.25) is 24.0 Å². The number of ether oxygens (including phenoxy) is 2. The quantitative estimate of drug-likeness (QED) is 0.247. The highest BCUT2D eigenvalue weighted by atomic mass is 16.6. The summed E-state index contributed by atoms with van der Waals surface area (Å²) in [7, 11) is 1.57. The standard InChI is InChI=1S/C32H46N4O7/c1-4-20(2)28-32(41)36-17-9-8-11-25(36)31(40)33-23(10-6-5-7-12-26(37)27-19-43-27)29(38)34-24(30(39)35-28)18-21-13-15-22(42-3)16-14-21/h13-16,20,23-25,27-28H,4-12,17-19H2,1-3H3,(H,33,40)(H,34,38)(H,35,39)/t20-,23-,24-,25-,27-,28+/m0/s1. The Bertz CT molecular complexity index is 1150. The van der Waals surface area contributed by atoms with Gasteiger partial charge in [-0.25, -0.2) is 0 Å². The number of Topliss-reactive ketones (excluding diaryl/α,β-unsaturated/α-hetero) is 1. The number of carbonyl (C=O) groups excluding carboxylic acids is 5. The van der Waals surface area contributed by atoms with Crippen LogP contribution in [0, 0.1) is 5.92 Å². The topological polar surface area (TPSA) is 146 Å². The van der Waals surface area contributed by atoms with Gasteiger partial charge >= 0.3 is 0 Å². The molecule has 0 bridgehead atoms. The molecule has 4 rings (SSSR count). The summed E-state index contributed by atoms with van der Waals surface area (Å²) in [4.78, 5) is 68.6. The predicted molar refractivity (Wildman–Crippen MR) is 159 cm³/mol. The number of ketones is 1. The number of nitrogens with zero attached hydrogens (tertiary/aromatic N) is 1.